The van der Waals surface area contributed by atoms with Crippen molar-refractivity contribution in [1.29, 1.82) is 0 Å². The van der Waals surface area contributed by atoms with E-state index in [1.54, 1.807) is 0 Å². The molecule has 0 aliphatic carbocycles. The molecule has 0 unspecified atom stereocenters. The van der Waals surface area contributed by atoms with E-state index in [4.69, 9.17) is 4.84 Å². The molecule has 0 N–H and O–H groups in total. The van der Waals surface area contributed by atoms with Crippen LogP contribution in [0.3, 0.4) is 0 Å². The van der Waals surface area contributed by atoms with Crippen molar-refractivity contribution in [2.45, 2.75) is 37.7 Å². The highest BCUT2D eigenvalue weighted by molar-refractivity contribution is 6.01. The van der Waals surface area contributed by atoms with Gasteiger partial charge in [-0.3, -0.25) is 4.79 Å². The molecule has 26 heavy (non-hydrogen) atoms. The zero-order chi connectivity index (χ0) is 17.8. The normalized spacial score (nSPS) is 18.5. The second-order valence-electron chi connectivity index (χ2n) is 7.22. The fraction of sp³-hybridized carbons (Fsp3) is 0.364. The molecule has 1 fully saturated rings. The molecular weight excluding hydrogens is 324 g/mol. The van der Waals surface area contributed by atoms with Crippen molar-refractivity contribution in [3.63, 3.8) is 0 Å². The Kier molecular flexibility index (Phi) is 4.74. The number of benzene rings is 2. The van der Waals surface area contributed by atoms with Crippen molar-refractivity contribution in [2.75, 3.05) is 13.1 Å². The molecule has 0 aromatic heterocycles. The molecule has 0 bridgehead atoms. The molecule has 0 radical (unpaired) electrons. The summed E-state index contributed by atoms with van der Waals surface area (Å²) in [4.78, 5) is 20.4. The van der Waals surface area contributed by atoms with Crippen molar-refractivity contribution in [3.8, 4) is 0 Å². The molecule has 2 aliphatic rings. The number of aryl methyl sites for hydroxylation is 1. The van der Waals surface area contributed by atoms with Gasteiger partial charge in [0.05, 0.1) is 5.71 Å². The predicted octanol–water partition coefficient (Wildman–Crippen LogP) is 3.81. The highest BCUT2D eigenvalue weighted by atomic mass is 16.7. The number of rotatable bonds is 4. The molecule has 1 amide bonds. The molecule has 4 nitrogen and oxygen atoms in total. The van der Waals surface area contributed by atoms with Crippen LogP contribution in [0, 0.1) is 0 Å². The Morgan fingerprint density at radius 2 is 1.65 bits per heavy atom. The number of carbonyl (C=O) groups excluding carboxylic acids is 1. The summed E-state index contributed by atoms with van der Waals surface area (Å²) in [7, 11) is 0. The van der Waals surface area contributed by atoms with E-state index < -0.39 is 0 Å². The molecular formula is C22H24N2O2. The number of hydrogen-bond donors (Lipinski definition) is 0. The van der Waals surface area contributed by atoms with E-state index in [1.807, 2.05) is 41.3 Å². The summed E-state index contributed by atoms with van der Waals surface area (Å²) in [6.07, 6.45) is 3.92. The van der Waals surface area contributed by atoms with Crippen molar-refractivity contribution in [3.05, 3.63) is 71.8 Å². The van der Waals surface area contributed by atoms with Gasteiger partial charge in [-0.25, -0.2) is 0 Å². The van der Waals surface area contributed by atoms with E-state index in [0.29, 0.717) is 6.42 Å². The van der Waals surface area contributed by atoms with Crippen LogP contribution in [0.15, 0.2) is 65.8 Å². The minimum Gasteiger partial charge on any atom is -0.388 e. The number of nitrogens with zero attached hydrogens (tertiary/aromatic N) is 2. The largest absolute Gasteiger partial charge is 0.388 e. The lowest BCUT2D eigenvalue weighted by molar-refractivity contribution is -0.136. The van der Waals surface area contributed by atoms with Gasteiger partial charge in [0.1, 0.15) is 5.60 Å². The maximum absolute atomic E-state index is 12.5. The zero-order valence-corrected chi connectivity index (χ0v) is 14.9. The summed E-state index contributed by atoms with van der Waals surface area (Å²) < 4.78 is 0. The second kappa shape index (κ2) is 7.32. The zero-order valence-electron chi connectivity index (χ0n) is 14.9. The van der Waals surface area contributed by atoms with Crippen molar-refractivity contribution < 1.29 is 9.63 Å². The monoisotopic (exact) mass is 348 g/mol. The standard InChI is InChI=1S/C22H24N2O2/c25-21(12-11-18-7-3-1-4-8-18)24-15-13-22(14-16-24)17-20(23-26-22)19-9-5-2-6-10-19/h1-10H,11-17H2. The number of amides is 1. The van der Waals surface area contributed by atoms with Gasteiger partial charge in [-0.1, -0.05) is 65.8 Å². The maximum atomic E-state index is 12.5. The molecule has 0 atom stereocenters. The van der Waals surface area contributed by atoms with Crippen LogP contribution in [0.1, 0.15) is 36.8 Å². The number of hydrogen-bond acceptors (Lipinski definition) is 3. The van der Waals surface area contributed by atoms with Crippen LogP contribution in [-0.2, 0) is 16.1 Å². The molecule has 2 heterocycles. The lowest BCUT2D eigenvalue weighted by atomic mass is 9.85. The highest BCUT2D eigenvalue weighted by Gasteiger charge is 2.42. The Balaban J connectivity index is 1.29. The van der Waals surface area contributed by atoms with Crippen LogP contribution >= 0.6 is 0 Å². The Hall–Kier alpha value is -2.62. The molecule has 2 aromatic rings. The highest BCUT2D eigenvalue weighted by Crippen LogP contribution is 2.36. The molecule has 2 aliphatic heterocycles. The lowest BCUT2D eigenvalue weighted by Crippen LogP contribution is -2.46. The molecule has 0 saturated carbocycles. The summed E-state index contributed by atoms with van der Waals surface area (Å²) in [5.74, 6) is 0.242. The molecule has 134 valence electrons. The van der Waals surface area contributed by atoms with Crippen LogP contribution in [0.2, 0.25) is 0 Å². The van der Waals surface area contributed by atoms with Crippen molar-refractivity contribution in [2.24, 2.45) is 5.16 Å². The number of likely N-dealkylation sites (tertiary alicyclic amines) is 1. The smallest absolute Gasteiger partial charge is 0.222 e. The molecule has 1 spiro atoms. The van der Waals surface area contributed by atoms with E-state index in [2.05, 4.69) is 29.4 Å². The quantitative estimate of drug-likeness (QED) is 0.843. The van der Waals surface area contributed by atoms with E-state index in [1.165, 1.54) is 5.56 Å². The minimum atomic E-state index is -0.221. The first-order valence-corrected chi connectivity index (χ1v) is 9.36. The Labute approximate surface area is 154 Å². The summed E-state index contributed by atoms with van der Waals surface area (Å²) in [5, 5.41) is 4.34. The van der Waals surface area contributed by atoms with Gasteiger partial charge < -0.3 is 9.74 Å². The van der Waals surface area contributed by atoms with E-state index in [9.17, 15) is 4.79 Å². The van der Waals surface area contributed by atoms with Gasteiger partial charge in [0.25, 0.3) is 0 Å². The summed E-state index contributed by atoms with van der Waals surface area (Å²) in [6, 6.07) is 20.4. The first kappa shape index (κ1) is 16.8. The average molecular weight is 348 g/mol. The summed E-state index contributed by atoms with van der Waals surface area (Å²) in [6.45, 7) is 1.51. The van der Waals surface area contributed by atoms with Gasteiger partial charge in [0.2, 0.25) is 5.91 Å². The molecule has 4 heteroatoms. The van der Waals surface area contributed by atoms with Gasteiger partial charge in [0.15, 0.2) is 0 Å². The number of piperidine rings is 1. The van der Waals surface area contributed by atoms with Gasteiger partial charge >= 0.3 is 0 Å². The van der Waals surface area contributed by atoms with E-state index in [-0.39, 0.29) is 11.5 Å². The second-order valence-corrected chi connectivity index (χ2v) is 7.22. The van der Waals surface area contributed by atoms with Gasteiger partial charge in [0, 0.05) is 38.8 Å². The van der Waals surface area contributed by atoms with Gasteiger partial charge in [-0.05, 0) is 17.5 Å². The van der Waals surface area contributed by atoms with Crippen LogP contribution in [-0.4, -0.2) is 35.2 Å². The fourth-order valence-corrected chi connectivity index (χ4v) is 3.79. The summed E-state index contributed by atoms with van der Waals surface area (Å²) >= 11 is 0. The SMILES string of the molecule is O=C(CCc1ccccc1)N1CCC2(CC1)CC(c1ccccc1)=NO2. The topological polar surface area (TPSA) is 41.9 Å². The number of oxime groups is 1. The first-order valence-electron chi connectivity index (χ1n) is 9.36. The van der Waals surface area contributed by atoms with Crippen LogP contribution in [0.4, 0.5) is 0 Å². The van der Waals surface area contributed by atoms with Crippen LogP contribution in [0.5, 0.6) is 0 Å². The van der Waals surface area contributed by atoms with Crippen LogP contribution in [0.25, 0.3) is 0 Å². The first-order chi connectivity index (χ1) is 12.7. The van der Waals surface area contributed by atoms with E-state index >= 15 is 0 Å². The van der Waals surface area contributed by atoms with Gasteiger partial charge in [-0.2, -0.15) is 0 Å². The Bertz CT molecular complexity index is 778. The summed E-state index contributed by atoms with van der Waals surface area (Å²) in [5.41, 5.74) is 3.15. The van der Waals surface area contributed by atoms with Crippen molar-refractivity contribution in [1.82, 2.24) is 4.90 Å². The number of carbonyl (C=O) groups is 1. The Morgan fingerprint density at radius 1 is 1.00 bits per heavy atom. The van der Waals surface area contributed by atoms with E-state index in [0.717, 1.165) is 50.0 Å². The lowest BCUT2D eigenvalue weighted by Gasteiger charge is -2.37. The third kappa shape index (κ3) is 3.64. The predicted molar refractivity (Wildman–Crippen MR) is 102 cm³/mol. The van der Waals surface area contributed by atoms with Crippen molar-refractivity contribution >= 4 is 11.6 Å². The molecule has 1 saturated heterocycles. The molecule has 4 rings (SSSR count). The minimum absolute atomic E-state index is 0.221. The Morgan fingerprint density at radius 3 is 2.35 bits per heavy atom. The van der Waals surface area contributed by atoms with Gasteiger partial charge in [-0.15, -0.1) is 0 Å². The fourth-order valence-electron chi connectivity index (χ4n) is 3.79. The third-order valence-corrected chi connectivity index (χ3v) is 5.44. The van der Waals surface area contributed by atoms with Crippen LogP contribution < -0.4 is 0 Å². The average Bonchev–Trinajstić information content (AvgIpc) is 3.12. The third-order valence-electron chi connectivity index (χ3n) is 5.44. The molecule has 2 aromatic carbocycles. The maximum Gasteiger partial charge on any atom is 0.222 e.